The monoisotopic (exact) mass is 365 g/mol. The zero-order chi connectivity index (χ0) is 18.4. The van der Waals surface area contributed by atoms with Crippen molar-refractivity contribution in [3.8, 4) is 5.75 Å². The van der Waals surface area contributed by atoms with Crippen molar-refractivity contribution in [2.45, 2.75) is 44.6 Å². The van der Waals surface area contributed by atoms with Crippen molar-refractivity contribution >= 4 is 16.7 Å². The summed E-state index contributed by atoms with van der Waals surface area (Å²) in [7, 11) is 0. The van der Waals surface area contributed by atoms with E-state index in [1.165, 1.54) is 19.3 Å². The van der Waals surface area contributed by atoms with Gasteiger partial charge in [0.05, 0.1) is 5.92 Å². The minimum absolute atomic E-state index is 0.00585. The maximum Gasteiger partial charge on any atom is 0.310 e. The van der Waals surface area contributed by atoms with E-state index in [2.05, 4.69) is 11.4 Å². The number of hydrogen-bond donors (Lipinski definition) is 2. The van der Waals surface area contributed by atoms with Crippen LogP contribution in [0, 0.1) is 17.3 Å². The molecule has 4 nitrogen and oxygen atoms in total. The number of carbonyl (C=O) groups excluding carboxylic acids is 1. The number of fused-ring (bicyclic) bond motifs is 2. The third kappa shape index (κ3) is 2.82. The van der Waals surface area contributed by atoms with Crippen LogP contribution in [0.1, 0.15) is 37.7 Å². The van der Waals surface area contributed by atoms with Crippen LogP contribution in [0.3, 0.4) is 0 Å². The standard InChI is InChI=1S/C23H27NO3/c25-21-16(11-10-15-6-4-5-9-18(15)21)12-23-14-24-13-19(23)20(23)22(26)27-17-7-2-1-3-8-17/h4-6,9-11,17,19-20,24-25H,1-3,7-8,12-14H2. The number of esters is 1. The highest BCUT2D eigenvalue weighted by molar-refractivity contribution is 5.89. The van der Waals surface area contributed by atoms with Crippen LogP contribution in [0.5, 0.6) is 5.75 Å². The highest BCUT2D eigenvalue weighted by Crippen LogP contribution is 2.63. The van der Waals surface area contributed by atoms with Gasteiger partial charge in [0.15, 0.2) is 0 Å². The van der Waals surface area contributed by atoms with Crippen LogP contribution in [0.4, 0.5) is 0 Å². The number of aromatic hydroxyl groups is 1. The van der Waals surface area contributed by atoms with Crippen molar-refractivity contribution in [3.05, 3.63) is 42.0 Å². The largest absolute Gasteiger partial charge is 0.507 e. The van der Waals surface area contributed by atoms with Gasteiger partial charge in [0.1, 0.15) is 11.9 Å². The molecule has 0 aromatic heterocycles. The van der Waals surface area contributed by atoms with E-state index < -0.39 is 0 Å². The van der Waals surface area contributed by atoms with Gasteiger partial charge in [0, 0.05) is 17.3 Å². The Bertz CT molecular complexity index is 873. The quantitative estimate of drug-likeness (QED) is 0.809. The minimum atomic E-state index is -0.0916. The predicted molar refractivity (Wildman–Crippen MR) is 105 cm³/mol. The summed E-state index contributed by atoms with van der Waals surface area (Å²) in [5, 5.41) is 16.2. The second kappa shape index (κ2) is 6.52. The fourth-order valence-corrected chi connectivity index (χ4v) is 5.52. The normalized spacial score (nSPS) is 30.2. The first-order valence-electron chi connectivity index (χ1n) is 10.3. The molecule has 2 aromatic carbocycles. The highest BCUT2D eigenvalue weighted by Gasteiger charge is 2.70. The Morgan fingerprint density at radius 2 is 1.96 bits per heavy atom. The van der Waals surface area contributed by atoms with E-state index in [4.69, 9.17) is 4.74 Å². The maximum absolute atomic E-state index is 12.9. The lowest BCUT2D eigenvalue weighted by atomic mass is 9.91. The van der Waals surface area contributed by atoms with Crippen molar-refractivity contribution in [1.82, 2.24) is 5.32 Å². The summed E-state index contributed by atoms with van der Waals surface area (Å²) >= 11 is 0. The number of ether oxygens (including phenoxy) is 1. The summed E-state index contributed by atoms with van der Waals surface area (Å²) in [6.45, 7) is 1.70. The van der Waals surface area contributed by atoms with Crippen LogP contribution in [0.15, 0.2) is 36.4 Å². The van der Waals surface area contributed by atoms with Crippen LogP contribution in [0.25, 0.3) is 10.8 Å². The molecule has 3 fully saturated rings. The minimum Gasteiger partial charge on any atom is -0.507 e. The smallest absolute Gasteiger partial charge is 0.310 e. The zero-order valence-corrected chi connectivity index (χ0v) is 15.6. The lowest BCUT2D eigenvalue weighted by molar-refractivity contribution is -0.153. The molecule has 0 radical (unpaired) electrons. The molecule has 5 rings (SSSR count). The van der Waals surface area contributed by atoms with E-state index >= 15 is 0 Å². The maximum atomic E-state index is 12.9. The van der Waals surface area contributed by atoms with Gasteiger partial charge >= 0.3 is 5.97 Å². The van der Waals surface area contributed by atoms with Gasteiger partial charge in [-0.1, -0.05) is 42.8 Å². The molecule has 3 atom stereocenters. The molecule has 142 valence electrons. The molecule has 1 heterocycles. The molecular weight excluding hydrogens is 338 g/mol. The molecule has 3 aliphatic rings. The molecule has 27 heavy (non-hydrogen) atoms. The Kier molecular flexibility index (Phi) is 4.12. The average Bonchev–Trinajstić information content (AvgIpc) is 3.12. The highest BCUT2D eigenvalue weighted by atomic mass is 16.5. The van der Waals surface area contributed by atoms with E-state index in [-0.39, 0.29) is 23.4 Å². The summed E-state index contributed by atoms with van der Waals surface area (Å²) in [4.78, 5) is 12.9. The van der Waals surface area contributed by atoms with Gasteiger partial charge in [-0.05, 0) is 55.5 Å². The number of rotatable bonds is 4. The first kappa shape index (κ1) is 17.1. The SMILES string of the molecule is O=C(OC1CCCCC1)C1C2CNCC21Cc1ccc2ccccc2c1O. The molecule has 0 spiro atoms. The number of phenols is 1. The van der Waals surface area contributed by atoms with Crippen molar-refractivity contribution in [2.75, 3.05) is 13.1 Å². The van der Waals surface area contributed by atoms with Crippen molar-refractivity contribution < 1.29 is 14.6 Å². The summed E-state index contributed by atoms with van der Waals surface area (Å²) < 4.78 is 5.89. The molecule has 4 heteroatoms. The second-order valence-electron chi connectivity index (χ2n) is 8.62. The summed E-state index contributed by atoms with van der Waals surface area (Å²) in [5.74, 6) is 0.666. The molecule has 2 saturated carbocycles. The van der Waals surface area contributed by atoms with Crippen molar-refractivity contribution in [1.29, 1.82) is 0 Å². The van der Waals surface area contributed by atoms with Gasteiger partial charge in [-0.15, -0.1) is 0 Å². The number of hydrogen-bond acceptors (Lipinski definition) is 4. The Morgan fingerprint density at radius 1 is 1.15 bits per heavy atom. The number of piperidine rings is 1. The third-order valence-electron chi connectivity index (χ3n) is 7.06. The molecule has 2 N–H and O–H groups in total. The van der Waals surface area contributed by atoms with Gasteiger partial charge < -0.3 is 15.2 Å². The molecule has 2 aliphatic carbocycles. The Morgan fingerprint density at radius 3 is 2.81 bits per heavy atom. The second-order valence-corrected chi connectivity index (χ2v) is 8.62. The Balaban J connectivity index is 1.36. The molecule has 1 aliphatic heterocycles. The summed E-state index contributed by atoms with van der Waals surface area (Å²) in [6, 6.07) is 12.0. The molecule has 3 unspecified atom stereocenters. The van der Waals surface area contributed by atoms with Gasteiger partial charge in [-0.25, -0.2) is 0 Å². The number of carbonyl (C=O) groups is 1. The fraction of sp³-hybridized carbons (Fsp3) is 0.522. The molecule has 0 bridgehead atoms. The van der Waals surface area contributed by atoms with Crippen LogP contribution < -0.4 is 5.32 Å². The van der Waals surface area contributed by atoms with Crippen LogP contribution in [-0.4, -0.2) is 30.3 Å². The Hall–Kier alpha value is -2.07. The van der Waals surface area contributed by atoms with Gasteiger partial charge in [0.25, 0.3) is 0 Å². The van der Waals surface area contributed by atoms with Crippen molar-refractivity contribution in [2.24, 2.45) is 17.3 Å². The molecule has 0 amide bonds. The van der Waals surface area contributed by atoms with E-state index in [0.29, 0.717) is 11.7 Å². The first-order valence-corrected chi connectivity index (χ1v) is 10.3. The van der Waals surface area contributed by atoms with Crippen LogP contribution in [-0.2, 0) is 16.0 Å². The number of benzene rings is 2. The van der Waals surface area contributed by atoms with Gasteiger partial charge in [-0.3, -0.25) is 4.79 Å². The topological polar surface area (TPSA) is 58.6 Å². The van der Waals surface area contributed by atoms with Gasteiger partial charge in [0.2, 0.25) is 0 Å². The van der Waals surface area contributed by atoms with E-state index in [0.717, 1.165) is 48.7 Å². The molecule has 1 saturated heterocycles. The zero-order valence-electron chi connectivity index (χ0n) is 15.6. The molecular formula is C23H27NO3. The summed E-state index contributed by atoms with van der Waals surface area (Å²) in [6.07, 6.45) is 6.47. The lowest BCUT2D eigenvalue weighted by Gasteiger charge is -2.23. The van der Waals surface area contributed by atoms with Crippen LogP contribution in [0.2, 0.25) is 0 Å². The summed E-state index contributed by atoms with van der Waals surface area (Å²) in [5.41, 5.74) is 0.849. The number of nitrogens with one attached hydrogen (secondary N) is 1. The van der Waals surface area contributed by atoms with Crippen LogP contribution >= 0.6 is 0 Å². The van der Waals surface area contributed by atoms with E-state index in [1.54, 1.807) is 0 Å². The van der Waals surface area contributed by atoms with E-state index in [9.17, 15) is 9.90 Å². The third-order valence-corrected chi connectivity index (χ3v) is 7.06. The fourth-order valence-electron chi connectivity index (χ4n) is 5.52. The van der Waals surface area contributed by atoms with Gasteiger partial charge in [-0.2, -0.15) is 0 Å². The molecule has 2 aromatic rings. The lowest BCUT2D eigenvalue weighted by Crippen LogP contribution is -2.29. The van der Waals surface area contributed by atoms with Crippen molar-refractivity contribution in [3.63, 3.8) is 0 Å². The predicted octanol–water partition coefficient (Wildman–Crippen LogP) is 3.80. The average molecular weight is 365 g/mol. The Labute approximate surface area is 159 Å². The number of phenolic OH excluding ortho intramolecular Hbond substituents is 1. The van der Waals surface area contributed by atoms with E-state index in [1.807, 2.05) is 30.3 Å². The first-order chi connectivity index (χ1) is 13.2.